The molecule has 1 saturated heterocycles. The van der Waals surface area contributed by atoms with Crippen molar-refractivity contribution in [3.63, 3.8) is 0 Å². The van der Waals surface area contributed by atoms with Crippen molar-refractivity contribution in [2.24, 2.45) is 5.73 Å². The van der Waals surface area contributed by atoms with Crippen LogP contribution in [0.2, 0.25) is 0 Å². The fourth-order valence-corrected chi connectivity index (χ4v) is 3.56. The van der Waals surface area contributed by atoms with E-state index in [1.54, 1.807) is 12.1 Å². The van der Waals surface area contributed by atoms with Crippen LogP contribution in [0.4, 0.5) is 4.39 Å². The quantitative estimate of drug-likeness (QED) is 0.907. The van der Waals surface area contributed by atoms with Crippen molar-refractivity contribution in [1.29, 1.82) is 0 Å². The van der Waals surface area contributed by atoms with Crippen molar-refractivity contribution >= 4 is 10.8 Å². The minimum atomic E-state index is -1.04. The molecule has 1 aromatic carbocycles. The Hall–Kier alpha value is -0.780. The second-order valence-electron chi connectivity index (χ2n) is 4.47. The summed E-state index contributed by atoms with van der Waals surface area (Å²) in [6.07, 6.45) is 1.59. The smallest absolute Gasteiger partial charge is 0.127 e. The van der Waals surface area contributed by atoms with Gasteiger partial charge in [-0.2, -0.15) is 0 Å². The Morgan fingerprint density at radius 1 is 1.39 bits per heavy atom. The Labute approximate surface area is 109 Å². The predicted molar refractivity (Wildman–Crippen MR) is 70.0 cm³/mol. The Kier molecular flexibility index (Phi) is 4.86. The molecule has 0 spiro atoms. The van der Waals surface area contributed by atoms with Crippen molar-refractivity contribution in [3.05, 3.63) is 35.1 Å². The summed E-state index contributed by atoms with van der Waals surface area (Å²) in [5.41, 5.74) is 6.90. The van der Waals surface area contributed by atoms with Gasteiger partial charge in [0.25, 0.3) is 0 Å². The third-order valence-corrected chi connectivity index (χ3v) is 4.99. The first-order valence-corrected chi connectivity index (χ1v) is 7.51. The molecule has 18 heavy (non-hydrogen) atoms. The molecule has 1 heterocycles. The van der Waals surface area contributed by atoms with E-state index in [9.17, 15) is 8.60 Å². The van der Waals surface area contributed by atoms with Gasteiger partial charge in [-0.3, -0.25) is 4.21 Å². The standard InChI is InChI=1S/C13H18FNO2S/c14-13-2-1-10(8-15)7-11(13)9-18(16)12-3-5-17-6-4-12/h1-2,7,12H,3-6,8-9,15H2. The van der Waals surface area contributed by atoms with Crippen LogP contribution in [0.25, 0.3) is 0 Å². The first-order valence-electron chi connectivity index (χ1n) is 6.13. The number of rotatable bonds is 4. The maximum absolute atomic E-state index is 13.6. The molecular weight excluding hydrogens is 253 g/mol. The minimum absolute atomic E-state index is 0.125. The van der Waals surface area contributed by atoms with Gasteiger partial charge in [0.05, 0.1) is 5.75 Å². The zero-order valence-corrected chi connectivity index (χ0v) is 11.0. The first-order chi connectivity index (χ1) is 8.70. The molecule has 1 aromatic rings. The van der Waals surface area contributed by atoms with Crippen molar-refractivity contribution in [3.8, 4) is 0 Å². The molecule has 0 aliphatic carbocycles. The SMILES string of the molecule is NCc1ccc(F)c(CS(=O)C2CCOCC2)c1. The van der Waals surface area contributed by atoms with E-state index in [2.05, 4.69) is 0 Å². The van der Waals surface area contributed by atoms with Crippen LogP contribution in [0.5, 0.6) is 0 Å². The average molecular weight is 271 g/mol. The maximum Gasteiger partial charge on any atom is 0.127 e. The number of hydrogen-bond donors (Lipinski definition) is 1. The number of hydrogen-bond acceptors (Lipinski definition) is 3. The molecule has 100 valence electrons. The molecule has 5 heteroatoms. The van der Waals surface area contributed by atoms with Crippen molar-refractivity contribution in [2.75, 3.05) is 13.2 Å². The second-order valence-corrected chi connectivity index (χ2v) is 6.18. The summed E-state index contributed by atoms with van der Waals surface area (Å²) < 4.78 is 31.0. The van der Waals surface area contributed by atoms with Gasteiger partial charge in [-0.15, -0.1) is 0 Å². The maximum atomic E-state index is 13.6. The van der Waals surface area contributed by atoms with E-state index in [-0.39, 0.29) is 16.8 Å². The summed E-state index contributed by atoms with van der Waals surface area (Å²) in [5.74, 6) is -0.0303. The molecule has 0 bridgehead atoms. The van der Waals surface area contributed by atoms with Gasteiger partial charge < -0.3 is 10.5 Å². The molecule has 1 aliphatic rings. The van der Waals surface area contributed by atoms with E-state index >= 15 is 0 Å². The van der Waals surface area contributed by atoms with Crippen molar-refractivity contribution < 1.29 is 13.3 Å². The Morgan fingerprint density at radius 3 is 2.78 bits per heavy atom. The van der Waals surface area contributed by atoms with Crippen LogP contribution < -0.4 is 5.73 Å². The van der Waals surface area contributed by atoms with Gasteiger partial charge in [-0.1, -0.05) is 12.1 Å². The summed E-state index contributed by atoms with van der Waals surface area (Å²) in [7, 11) is -1.04. The Bertz CT molecular complexity index is 433. The lowest BCUT2D eigenvalue weighted by Crippen LogP contribution is -2.25. The second kappa shape index (κ2) is 6.41. The summed E-state index contributed by atoms with van der Waals surface area (Å²) in [5, 5.41) is 0.125. The monoisotopic (exact) mass is 271 g/mol. The zero-order valence-electron chi connectivity index (χ0n) is 10.2. The van der Waals surface area contributed by atoms with Gasteiger partial charge in [0.1, 0.15) is 5.82 Å². The molecule has 1 atom stereocenters. The number of halogens is 1. The Balaban J connectivity index is 2.05. The zero-order chi connectivity index (χ0) is 13.0. The molecule has 0 amide bonds. The van der Waals surface area contributed by atoms with Crippen LogP contribution in [0.1, 0.15) is 24.0 Å². The molecule has 2 rings (SSSR count). The first kappa shape index (κ1) is 13.6. The fraction of sp³-hybridized carbons (Fsp3) is 0.538. The van der Waals surface area contributed by atoms with E-state index in [0.717, 1.165) is 18.4 Å². The molecule has 2 N–H and O–H groups in total. The summed E-state index contributed by atoms with van der Waals surface area (Å²) in [6, 6.07) is 4.78. The van der Waals surface area contributed by atoms with Crippen molar-refractivity contribution in [2.45, 2.75) is 30.4 Å². The van der Waals surface area contributed by atoms with Crippen LogP contribution >= 0.6 is 0 Å². The summed E-state index contributed by atoms with van der Waals surface area (Å²) in [4.78, 5) is 0. The summed E-state index contributed by atoms with van der Waals surface area (Å²) >= 11 is 0. The molecule has 1 unspecified atom stereocenters. The topological polar surface area (TPSA) is 52.3 Å². The van der Waals surface area contributed by atoms with E-state index < -0.39 is 10.8 Å². The number of ether oxygens (including phenoxy) is 1. The third-order valence-electron chi connectivity index (χ3n) is 3.18. The lowest BCUT2D eigenvalue weighted by molar-refractivity contribution is 0.0992. The molecule has 1 aliphatic heterocycles. The van der Waals surface area contributed by atoms with Gasteiger partial charge in [-0.05, 0) is 24.5 Å². The molecule has 0 radical (unpaired) electrons. The highest BCUT2D eigenvalue weighted by Crippen LogP contribution is 2.19. The predicted octanol–water partition coefficient (Wildman–Crippen LogP) is 1.71. The van der Waals surface area contributed by atoms with Crippen LogP contribution in [0.15, 0.2) is 18.2 Å². The number of benzene rings is 1. The van der Waals surface area contributed by atoms with E-state index in [0.29, 0.717) is 25.3 Å². The third kappa shape index (κ3) is 3.37. The average Bonchev–Trinajstić information content (AvgIpc) is 2.42. The van der Waals surface area contributed by atoms with E-state index in [4.69, 9.17) is 10.5 Å². The number of nitrogens with two attached hydrogens (primary N) is 1. The molecule has 0 aromatic heterocycles. The van der Waals surface area contributed by atoms with Gasteiger partial charge in [0, 0.05) is 41.4 Å². The van der Waals surface area contributed by atoms with Crippen LogP contribution in [-0.2, 0) is 27.8 Å². The Morgan fingerprint density at radius 2 is 2.11 bits per heavy atom. The minimum Gasteiger partial charge on any atom is -0.381 e. The van der Waals surface area contributed by atoms with Gasteiger partial charge in [0.15, 0.2) is 0 Å². The van der Waals surface area contributed by atoms with Crippen LogP contribution in [-0.4, -0.2) is 22.7 Å². The van der Waals surface area contributed by atoms with Crippen LogP contribution in [0, 0.1) is 5.82 Å². The van der Waals surface area contributed by atoms with E-state index in [1.165, 1.54) is 6.07 Å². The lowest BCUT2D eigenvalue weighted by Gasteiger charge is -2.21. The highest BCUT2D eigenvalue weighted by molar-refractivity contribution is 7.84. The van der Waals surface area contributed by atoms with Gasteiger partial charge >= 0.3 is 0 Å². The summed E-state index contributed by atoms with van der Waals surface area (Å²) in [6.45, 7) is 1.68. The lowest BCUT2D eigenvalue weighted by atomic mass is 10.1. The van der Waals surface area contributed by atoms with Gasteiger partial charge in [-0.25, -0.2) is 4.39 Å². The molecular formula is C13H18FNO2S. The molecule has 3 nitrogen and oxygen atoms in total. The van der Waals surface area contributed by atoms with E-state index in [1.807, 2.05) is 0 Å². The van der Waals surface area contributed by atoms with Crippen LogP contribution in [0.3, 0.4) is 0 Å². The molecule has 1 fully saturated rings. The molecule has 0 saturated carbocycles. The fourth-order valence-electron chi connectivity index (χ4n) is 2.08. The highest BCUT2D eigenvalue weighted by atomic mass is 32.2. The highest BCUT2D eigenvalue weighted by Gasteiger charge is 2.21. The largest absolute Gasteiger partial charge is 0.381 e. The van der Waals surface area contributed by atoms with Gasteiger partial charge in [0.2, 0.25) is 0 Å². The normalized spacial score (nSPS) is 18.8. The van der Waals surface area contributed by atoms with Crippen molar-refractivity contribution in [1.82, 2.24) is 0 Å².